The molecule has 0 saturated carbocycles. The molecular weight excluding hydrogens is 546 g/mol. The summed E-state index contributed by atoms with van der Waals surface area (Å²) >= 11 is 0. The molecule has 0 spiro atoms. The summed E-state index contributed by atoms with van der Waals surface area (Å²) in [4.78, 5) is 28.2. The van der Waals surface area contributed by atoms with Crippen molar-refractivity contribution in [3.8, 4) is 11.5 Å². The van der Waals surface area contributed by atoms with Gasteiger partial charge in [0.05, 0.1) is 23.9 Å². The van der Waals surface area contributed by atoms with Crippen molar-refractivity contribution in [1.82, 2.24) is 9.91 Å². The van der Waals surface area contributed by atoms with Crippen molar-refractivity contribution in [3.63, 3.8) is 0 Å². The summed E-state index contributed by atoms with van der Waals surface area (Å²) in [5.74, 6) is -0.679. The van der Waals surface area contributed by atoms with E-state index in [1.807, 2.05) is 0 Å². The van der Waals surface area contributed by atoms with Gasteiger partial charge < -0.3 is 19.1 Å². The Balaban J connectivity index is 1.43. The van der Waals surface area contributed by atoms with Gasteiger partial charge in [0.2, 0.25) is 6.79 Å². The molecule has 2 aliphatic heterocycles. The molecule has 0 aromatic heterocycles. The third kappa shape index (κ3) is 6.02. The van der Waals surface area contributed by atoms with Crippen LogP contribution in [0.3, 0.4) is 0 Å². The zero-order valence-corrected chi connectivity index (χ0v) is 21.9. The molecule has 5 rings (SSSR count). The normalized spacial score (nSPS) is 16.1. The van der Waals surface area contributed by atoms with Gasteiger partial charge in [0.15, 0.2) is 11.5 Å². The van der Waals surface area contributed by atoms with Gasteiger partial charge in [0.1, 0.15) is 12.4 Å². The Kier molecular flexibility index (Phi) is 7.93. The molecule has 214 valence electrons. The summed E-state index contributed by atoms with van der Waals surface area (Å²) in [5.41, 5.74) is 0.329. The molecule has 12 heteroatoms. The topological polar surface area (TPSA) is 80.7 Å². The molecule has 1 unspecified atom stereocenters. The van der Waals surface area contributed by atoms with Crippen LogP contribution in [0.1, 0.15) is 39.5 Å². The van der Waals surface area contributed by atoms with Gasteiger partial charge in [-0.05, 0) is 48.0 Å². The maximum atomic E-state index is 14.7. The number of amides is 2. The fraction of sp³-hybridized carbons (Fsp3) is 0.276. The first-order valence-corrected chi connectivity index (χ1v) is 12.6. The minimum atomic E-state index is -4.55. The van der Waals surface area contributed by atoms with Gasteiger partial charge >= 0.3 is 6.18 Å². The number of nitrogens with zero attached hydrogens (tertiary/aromatic N) is 3. The SMILES string of the molecule is COCCN(CC(=O)N1N=C(c2ccccc2F)CC1c1ccc2c(c1)OCO2)C(=O)c1ccc(C(F)(F)F)cc1. The zero-order valence-electron chi connectivity index (χ0n) is 21.9. The molecule has 8 nitrogen and oxygen atoms in total. The molecule has 2 heterocycles. The lowest BCUT2D eigenvalue weighted by Crippen LogP contribution is -2.42. The number of benzene rings is 3. The molecular formula is C29H25F4N3O5. The van der Waals surface area contributed by atoms with Crippen LogP contribution in [0, 0.1) is 5.82 Å². The van der Waals surface area contributed by atoms with Gasteiger partial charge in [0.25, 0.3) is 11.8 Å². The predicted octanol–water partition coefficient (Wildman–Crippen LogP) is 5.04. The number of methoxy groups -OCH3 is 1. The molecule has 3 aromatic rings. The number of ether oxygens (including phenoxy) is 3. The number of hydrogen-bond acceptors (Lipinski definition) is 6. The summed E-state index contributed by atoms with van der Waals surface area (Å²) in [7, 11) is 1.42. The summed E-state index contributed by atoms with van der Waals surface area (Å²) < 4.78 is 69.6. The molecule has 0 aliphatic carbocycles. The Bertz CT molecular complexity index is 1480. The highest BCUT2D eigenvalue weighted by Gasteiger charge is 2.36. The number of fused-ring (bicyclic) bond motifs is 1. The summed E-state index contributed by atoms with van der Waals surface area (Å²) in [6, 6.07) is 14.4. The highest BCUT2D eigenvalue weighted by molar-refractivity contribution is 6.04. The molecule has 0 saturated heterocycles. The number of hydrazone groups is 1. The van der Waals surface area contributed by atoms with E-state index in [4.69, 9.17) is 14.2 Å². The van der Waals surface area contributed by atoms with E-state index < -0.39 is 42.0 Å². The smallest absolute Gasteiger partial charge is 0.416 e. The Hall–Kier alpha value is -4.45. The fourth-order valence-electron chi connectivity index (χ4n) is 4.65. The lowest BCUT2D eigenvalue weighted by molar-refractivity contribution is -0.137. The van der Waals surface area contributed by atoms with Gasteiger partial charge in [-0.25, -0.2) is 9.40 Å². The monoisotopic (exact) mass is 571 g/mol. The lowest BCUT2D eigenvalue weighted by Gasteiger charge is -2.27. The first-order valence-electron chi connectivity index (χ1n) is 12.6. The van der Waals surface area contributed by atoms with Crippen molar-refractivity contribution < 1.29 is 41.4 Å². The van der Waals surface area contributed by atoms with Crippen LogP contribution in [0.2, 0.25) is 0 Å². The maximum Gasteiger partial charge on any atom is 0.416 e. The average Bonchev–Trinajstić information content (AvgIpc) is 3.62. The van der Waals surface area contributed by atoms with Crippen LogP contribution in [0.4, 0.5) is 17.6 Å². The minimum Gasteiger partial charge on any atom is -0.454 e. The summed E-state index contributed by atoms with van der Waals surface area (Å²) in [6.45, 7) is -0.314. The van der Waals surface area contributed by atoms with E-state index in [0.717, 1.165) is 24.3 Å². The molecule has 3 aromatic carbocycles. The van der Waals surface area contributed by atoms with Crippen molar-refractivity contribution >= 4 is 17.5 Å². The van der Waals surface area contributed by atoms with Crippen molar-refractivity contribution in [2.75, 3.05) is 33.6 Å². The second-order valence-corrected chi connectivity index (χ2v) is 9.39. The van der Waals surface area contributed by atoms with Crippen LogP contribution in [-0.4, -0.2) is 61.0 Å². The second-order valence-electron chi connectivity index (χ2n) is 9.39. The number of alkyl halides is 3. The quantitative estimate of drug-likeness (QED) is 0.354. The number of carbonyl (C=O) groups excluding carboxylic acids is 2. The fourth-order valence-corrected chi connectivity index (χ4v) is 4.65. The summed E-state index contributed by atoms with van der Waals surface area (Å²) in [5, 5.41) is 5.68. The number of halogens is 4. The van der Waals surface area contributed by atoms with Gasteiger partial charge in [-0.3, -0.25) is 9.59 Å². The van der Waals surface area contributed by atoms with Gasteiger partial charge in [-0.2, -0.15) is 18.3 Å². The lowest BCUT2D eigenvalue weighted by atomic mass is 9.97. The average molecular weight is 572 g/mol. The van der Waals surface area contributed by atoms with E-state index in [1.54, 1.807) is 36.4 Å². The molecule has 0 radical (unpaired) electrons. The number of hydrogen-bond donors (Lipinski definition) is 0. The van der Waals surface area contributed by atoms with Gasteiger partial charge in [-0.1, -0.05) is 24.3 Å². The van der Waals surface area contributed by atoms with Crippen molar-refractivity contribution in [2.45, 2.75) is 18.6 Å². The molecule has 2 aliphatic rings. The van der Waals surface area contributed by atoms with Crippen LogP contribution < -0.4 is 9.47 Å². The van der Waals surface area contributed by atoms with Crippen molar-refractivity contribution in [1.29, 1.82) is 0 Å². The van der Waals surface area contributed by atoms with E-state index in [0.29, 0.717) is 22.8 Å². The molecule has 41 heavy (non-hydrogen) atoms. The molecule has 0 bridgehead atoms. The van der Waals surface area contributed by atoms with Crippen molar-refractivity contribution in [2.24, 2.45) is 5.10 Å². The van der Waals surface area contributed by atoms with Crippen LogP contribution in [0.25, 0.3) is 0 Å². The Morgan fingerprint density at radius 1 is 1.05 bits per heavy atom. The molecule has 2 amide bonds. The van der Waals surface area contributed by atoms with Gasteiger partial charge in [-0.15, -0.1) is 0 Å². The first-order chi connectivity index (χ1) is 19.7. The number of carbonyl (C=O) groups is 2. The molecule has 0 N–H and O–H groups in total. The van der Waals surface area contributed by atoms with E-state index in [9.17, 15) is 27.2 Å². The van der Waals surface area contributed by atoms with E-state index in [1.165, 1.54) is 23.1 Å². The highest BCUT2D eigenvalue weighted by Crippen LogP contribution is 2.39. The largest absolute Gasteiger partial charge is 0.454 e. The second kappa shape index (κ2) is 11.6. The Morgan fingerprint density at radius 2 is 1.78 bits per heavy atom. The Morgan fingerprint density at radius 3 is 2.49 bits per heavy atom. The van der Waals surface area contributed by atoms with Crippen LogP contribution in [-0.2, 0) is 15.7 Å². The first kappa shape index (κ1) is 28.1. The third-order valence-corrected chi connectivity index (χ3v) is 6.77. The van der Waals surface area contributed by atoms with E-state index in [-0.39, 0.29) is 37.5 Å². The standard InChI is InChI=1S/C29H25F4N3O5/c1-39-13-12-35(28(38)18-6-9-20(10-7-18)29(31,32)33)16-27(37)36-24(19-8-11-25-26(14-19)41-17-40-25)15-23(34-36)21-4-2-3-5-22(21)30/h2-11,14,24H,12-13,15-17H2,1H3. The van der Waals surface area contributed by atoms with Crippen LogP contribution >= 0.6 is 0 Å². The van der Waals surface area contributed by atoms with E-state index in [2.05, 4.69) is 5.10 Å². The minimum absolute atomic E-state index is 0.00545. The molecule has 1 atom stereocenters. The summed E-state index contributed by atoms with van der Waals surface area (Å²) in [6.07, 6.45) is -4.36. The number of rotatable bonds is 8. The maximum absolute atomic E-state index is 14.7. The van der Waals surface area contributed by atoms with E-state index >= 15 is 0 Å². The van der Waals surface area contributed by atoms with Crippen LogP contribution in [0.5, 0.6) is 11.5 Å². The predicted molar refractivity (Wildman–Crippen MR) is 139 cm³/mol. The molecule has 0 fully saturated rings. The highest BCUT2D eigenvalue weighted by atomic mass is 19.4. The van der Waals surface area contributed by atoms with Gasteiger partial charge in [0, 0.05) is 31.2 Å². The third-order valence-electron chi connectivity index (χ3n) is 6.77. The Labute approximate surface area is 232 Å². The van der Waals surface area contributed by atoms with Crippen LogP contribution in [0.15, 0.2) is 71.8 Å². The zero-order chi connectivity index (χ0) is 29.1. The van der Waals surface area contributed by atoms with Crippen molar-refractivity contribution in [3.05, 3.63) is 94.8 Å².